The lowest BCUT2D eigenvalue weighted by molar-refractivity contribution is 0.602. The third kappa shape index (κ3) is 2.70. The minimum atomic E-state index is -3.42. The highest BCUT2D eigenvalue weighted by Gasteiger charge is 2.14. The average Bonchev–Trinajstić information content (AvgIpc) is 2.12. The normalized spacial score (nSPS) is 11.4. The van der Waals surface area contributed by atoms with Crippen molar-refractivity contribution in [3.05, 3.63) is 16.6 Å². The molecule has 0 atom stereocenters. The van der Waals surface area contributed by atoms with Crippen molar-refractivity contribution < 1.29 is 8.42 Å². The van der Waals surface area contributed by atoms with Crippen LogP contribution in [0.25, 0.3) is 0 Å². The monoisotopic (exact) mass is 255 g/mol. The first-order valence-corrected chi connectivity index (χ1v) is 6.03. The molecule has 0 aliphatic carbocycles. The van der Waals surface area contributed by atoms with Crippen LogP contribution in [0, 0.1) is 0 Å². The van der Waals surface area contributed by atoms with Gasteiger partial charge in [-0.25, -0.2) is 18.4 Å². The number of halogens is 2. The highest BCUT2D eigenvalue weighted by atomic mass is 35.5. The maximum absolute atomic E-state index is 11.2. The summed E-state index contributed by atoms with van der Waals surface area (Å²) in [5.41, 5.74) is 0.0117. The molecule has 1 aromatic rings. The summed E-state index contributed by atoms with van der Waals surface area (Å²) in [7, 11) is -3.42. The number of anilines is 1. The van der Waals surface area contributed by atoms with E-state index in [1.54, 1.807) is 0 Å². The SMILES string of the molecule is CCS(=O)(=O)Nc1c(Cl)ncnc1Cl. The highest BCUT2D eigenvalue weighted by Crippen LogP contribution is 2.26. The van der Waals surface area contributed by atoms with Crippen LogP contribution >= 0.6 is 23.2 Å². The van der Waals surface area contributed by atoms with Crippen LogP contribution < -0.4 is 4.72 Å². The van der Waals surface area contributed by atoms with Gasteiger partial charge in [0, 0.05) is 0 Å². The molecule has 1 rings (SSSR count). The fourth-order valence-electron chi connectivity index (χ4n) is 0.656. The summed E-state index contributed by atoms with van der Waals surface area (Å²) < 4.78 is 24.6. The first-order chi connectivity index (χ1) is 6.46. The Balaban J connectivity index is 3.09. The highest BCUT2D eigenvalue weighted by molar-refractivity contribution is 7.92. The second kappa shape index (κ2) is 4.29. The van der Waals surface area contributed by atoms with Gasteiger partial charge in [-0.2, -0.15) is 0 Å². The van der Waals surface area contributed by atoms with Crippen LogP contribution in [0.1, 0.15) is 6.92 Å². The van der Waals surface area contributed by atoms with E-state index in [9.17, 15) is 8.42 Å². The molecule has 1 heterocycles. The Bertz CT molecular complexity index is 414. The van der Waals surface area contributed by atoms with E-state index in [1.165, 1.54) is 6.92 Å². The van der Waals surface area contributed by atoms with Gasteiger partial charge in [-0.3, -0.25) is 4.72 Å². The molecule has 8 heteroatoms. The van der Waals surface area contributed by atoms with Crippen LogP contribution in [0.5, 0.6) is 0 Å². The van der Waals surface area contributed by atoms with E-state index in [4.69, 9.17) is 23.2 Å². The molecule has 0 aromatic carbocycles. The minimum absolute atomic E-state index is 0.0117. The average molecular weight is 256 g/mol. The molecule has 0 aliphatic heterocycles. The van der Waals surface area contributed by atoms with Gasteiger partial charge in [-0.05, 0) is 6.92 Å². The zero-order valence-corrected chi connectivity index (χ0v) is 9.49. The predicted molar refractivity (Wildman–Crippen MR) is 55.1 cm³/mol. The third-order valence-corrected chi connectivity index (χ3v) is 3.24. The zero-order valence-electron chi connectivity index (χ0n) is 7.16. The molecular formula is C6H7Cl2N3O2S. The summed E-state index contributed by atoms with van der Waals surface area (Å²) in [6.07, 6.45) is 1.15. The fraction of sp³-hybridized carbons (Fsp3) is 0.333. The van der Waals surface area contributed by atoms with Crippen LogP contribution in [0.3, 0.4) is 0 Å². The quantitative estimate of drug-likeness (QED) is 0.832. The van der Waals surface area contributed by atoms with Gasteiger partial charge < -0.3 is 0 Å². The van der Waals surface area contributed by atoms with Crippen LogP contribution in [-0.4, -0.2) is 24.1 Å². The van der Waals surface area contributed by atoms with Gasteiger partial charge >= 0.3 is 0 Å². The molecule has 0 spiro atoms. The molecule has 0 amide bonds. The van der Waals surface area contributed by atoms with Gasteiger partial charge in [0.05, 0.1) is 5.75 Å². The lowest BCUT2D eigenvalue weighted by atomic mass is 10.6. The summed E-state index contributed by atoms with van der Waals surface area (Å²) in [5, 5.41) is -0.0518. The van der Waals surface area contributed by atoms with Crippen molar-refractivity contribution in [3.8, 4) is 0 Å². The maximum atomic E-state index is 11.2. The lowest BCUT2D eigenvalue weighted by Crippen LogP contribution is -2.15. The third-order valence-electron chi connectivity index (χ3n) is 1.39. The van der Waals surface area contributed by atoms with Crippen molar-refractivity contribution in [2.45, 2.75) is 6.92 Å². The van der Waals surface area contributed by atoms with Crippen molar-refractivity contribution in [1.29, 1.82) is 0 Å². The van der Waals surface area contributed by atoms with E-state index < -0.39 is 10.0 Å². The molecule has 1 N–H and O–H groups in total. The first-order valence-electron chi connectivity index (χ1n) is 3.62. The Morgan fingerprint density at radius 1 is 1.36 bits per heavy atom. The van der Waals surface area contributed by atoms with Crippen LogP contribution in [0.15, 0.2) is 6.33 Å². The summed E-state index contributed by atoms with van der Waals surface area (Å²) in [4.78, 5) is 7.20. The van der Waals surface area contributed by atoms with E-state index in [-0.39, 0.29) is 21.7 Å². The molecule has 0 aliphatic rings. The Hall–Kier alpha value is -0.590. The minimum Gasteiger partial charge on any atom is -0.278 e. The van der Waals surface area contributed by atoms with Crippen molar-refractivity contribution in [1.82, 2.24) is 9.97 Å². The summed E-state index contributed by atoms with van der Waals surface area (Å²) in [6.45, 7) is 1.49. The van der Waals surface area contributed by atoms with Gasteiger partial charge in [0.1, 0.15) is 12.0 Å². The van der Waals surface area contributed by atoms with E-state index in [1.807, 2.05) is 0 Å². The molecule has 78 valence electrons. The van der Waals surface area contributed by atoms with Crippen molar-refractivity contribution in [2.75, 3.05) is 10.5 Å². The van der Waals surface area contributed by atoms with E-state index in [2.05, 4.69) is 14.7 Å². The molecule has 0 saturated carbocycles. The van der Waals surface area contributed by atoms with E-state index in [0.29, 0.717) is 0 Å². The van der Waals surface area contributed by atoms with Crippen molar-refractivity contribution in [2.24, 2.45) is 0 Å². The number of nitrogens with one attached hydrogen (secondary N) is 1. The summed E-state index contributed by atoms with van der Waals surface area (Å²) in [5.74, 6) is -0.0748. The Morgan fingerprint density at radius 3 is 2.29 bits per heavy atom. The molecule has 0 unspecified atom stereocenters. The summed E-state index contributed by atoms with van der Waals surface area (Å²) in [6, 6.07) is 0. The standard InChI is InChI=1S/C6H7Cl2N3O2S/c1-2-14(12,13)11-4-5(7)9-3-10-6(4)8/h3,11H,2H2,1H3. The molecule has 14 heavy (non-hydrogen) atoms. The Kier molecular flexibility index (Phi) is 3.52. The van der Waals surface area contributed by atoms with Gasteiger partial charge in [0.15, 0.2) is 10.3 Å². The van der Waals surface area contributed by atoms with Crippen LogP contribution in [0.2, 0.25) is 10.3 Å². The van der Waals surface area contributed by atoms with Crippen LogP contribution in [0.4, 0.5) is 5.69 Å². The number of hydrogen-bond acceptors (Lipinski definition) is 4. The van der Waals surface area contributed by atoms with Gasteiger partial charge in [-0.15, -0.1) is 0 Å². The molecule has 0 radical (unpaired) electrons. The largest absolute Gasteiger partial charge is 0.278 e. The maximum Gasteiger partial charge on any atom is 0.232 e. The van der Waals surface area contributed by atoms with Crippen molar-refractivity contribution in [3.63, 3.8) is 0 Å². The van der Waals surface area contributed by atoms with Crippen molar-refractivity contribution >= 4 is 38.9 Å². The number of sulfonamides is 1. The second-order valence-corrected chi connectivity index (χ2v) is 5.06. The molecule has 1 aromatic heterocycles. The molecule has 0 saturated heterocycles. The molecule has 0 fully saturated rings. The summed E-state index contributed by atoms with van der Waals surface area (Å²) >= 11 is 11.3. The van der Waals surface area contributed by atoms with Gasteiger partial charge in [0.2, 0.25) is 10.0 Å². The molecule has 5 nitrogen and oxygen atoms in total. The molecular weight excluding hydrogens is 249 g/mol. The van der Waals surface area contributed by atoms with Gasteiger partial charge in [0.25, 0.3) is 0 Å². The second-order valence-electron chi connectivity index (χ2n) is 2.34. The predicted octanol–water partition coefficient (Wildman–Crippen LogP) is 1.54. The van der Waals surface area contributed by atoms with Crippen LogP contribution in [-0.2, 0) is 10.0 Å². The Morgan fingerprint density at radius 2 is 1.86 bits per heavy atom. The number of hydrogen-bond donors (Lipinski definition) is 1. The molecule has 0 bridgehead atoms. The first kappa shape index (κ1) is 11.5. The Labute approximate surface area is 91.5 Å². The number of aromatic nitrogens is 2. The number of nitrogens with zero attached hydrogens (tertiary/aromatic N) is 2. The smallest absolute Gasteiger partial charge is 0.232 e. The fourth-order valence-corrected chi connectivity index (χ4v) is 1.83. The lowest BCUT2D eigenvalue weighted by Gasteiger charge is -2.07. The van der Waals surface area contributed by atoms with E-state index >= 15 is 0 Å². The van der Waals surface area contributed by atoms with Gasteiger partial charge in [-0.1, -0.05) is 23.2 Å². The topological polar surface area (TPSA) is 72.0 Å². The van der Waals surface area contributed by atoms with E-state index in [0.717, 1.165) is 6.33 Å². The zero-order chi connectivity index (χ0) is 10.8. The number of rotatable bonds is 3.